The molecule has 1 amide bonds. The van der Waals surface area contributed by atoms with Gasteiger partial charge < -0.3 is 10.2 Å². The van der Waals surface area contributed by atoms with Gasteiger partial charge in [0.25, 0.3) is 0 Å². The van der Waals surface area contributed by atoms with Gasteiger partial charge in [0.2, 0.25) is 5.91 Å². The van der Waals surface area contributed by atoms with E-state index in [0.29, 0.717) is 25.0 Å². The first-order valence-corrected chi connectivity index (χ1v) is 9.33. The summed E-state index contributed by atoms with van der Waals surface area (Å²) in [5.74, 6) is 0.316. The highest BCUT2D eigenvalue weighted by atomic mass is 32.2. The van der Waals surface area contributed by atoms with E-state index in [0.717, 1.165) is 38.5 Å². The molecule has 1 aliphatic heterocycles. The highest BCUT2D eigenvalue weighted by molar-refractivity contribution is 7.92. The molecule has 5 nitrogen and oxygen atoms in total. The maximum atomic E-state index is 12.7. The van der Waals surface area contributed by atoms with Crippen molar-refractivity contribution in [2.75, 3.05) is 25.9 Å². The van der Waals surface area contributed by atoms with Crippen LogP contribution in [-0.4, -0.2) is 55.9 Å². The Labute approximate surface area is 122 Å². The Kier molecular flexibility index (Phi) is 4.44. The molecule has 0 radical (unpaired) electrons. The van der Waals surface area contributed by atoms with Crippen LogP contribution in [0.5, 0.6) is 0 Å². The number of nitrogens with one attached hydrogen (secondary N) is 1. The van der Waals surface area contributed by atoms with E-state index >= 15 is 0 Å². The van der Waals surface area contributed by atoms with Crippen molar-refractivity contribution in [3.8, 4) is 0 Å². The average Bonchev–Trinajstić information content (AvgIpc) is 3.00. The summed E-state index contributed by atoms with van der Waals surface area (Å²) in [7, 11) is -3.41. The second-order valence-corrected chi connectivity index (χ2v) is 9.29. The minimum absolute atomic E-state index is 0.249. The molecule has 1 unspecified atom stereocenters. The van der Waals surface area contributed by atoms with Crippen molar-refractivity contribution < 1.29 is 13.2 Å². The van der Waals surface area contributed by atoms with Crippen molar-refractivity contribution >= 4 is 15.7 Å². The van der Waals surface area contributed by atoms with Crippen LogP contribution in [0.2, 0.25) is 0 Å². The summed E-state index contributed by atoms with van der Waals surface area (Å²) < 4.78 is 22.4. The van der Waals surface area contributed by atoms with Crippen LogP contribution in [0, 0.1) is 5.92 Å². The zero-order chi connectivity index (χ0) is 15.0. The van der Waals surface area contributed by atoms with Crippen molar-refractivity contribution in [3.05, 3.63) is 0 Å². The summed E-state index contributed by atoms with van der Waals surface area (Å²) >= 11 is 0. The lowest BCUT2D eigenvalue weighted by Crippen LogP contribution is -2.53. The van der Waals surface area contributed by atoms with Crippen LogP contribution in [0.15, 0.2) is 0 Å². The molecular weight excluding hydrogens is 276 g/mol. The van der Waals surface area contributed by atoms with Crippen molar-refractivity contribution in [2.24, 2.45) is 5.92 Å². The first-order valence-electron chi connectivity index (χ1n) is 7.44. The Morgan fingerprint density at radius 1 is 1.25 bits per heavy atom. The fraction of sp³-hybridized carbons (Fsp3) is 0.929. The topological polar surface area (TPSA) is 66.5 Å². The second kappa shape index (κ2) is 5.64. The first-order chi connectivity index (χ1) is 9.22. The Morgan fingerprint density at radius 3 is 2.35 bits per heavy atom. The van der Waals surface area contributed by atoms with Gasteiger partial charge in [-0.25, -0.2) is 8.42 Å². The molecule has 6 heteroatoms. The molecule has 1 N–H and O–H groups in total. The number of carbonyl (C=O) groups excluding carboxylic acids is 1. The van der Waals surface area contributed by atoms with E-state index in [9.17, 15) is 13.2 Å². The van der Waals surface area contributed by atoms with Crippen LogP contribution >= 0.6 is 0 Å². The first kappa shape index (κ1) is 15.8. The van der Waals surface area contributed by atoms with Gasteiger partial charge in [-0.2, -0.15) is 0 Å². The monoisotopic (exact) mass is 302 g/mol. The largest absolute Gasteiger partial charge is 0.340 e. The summed E-state index contributed by atoms with van der Waals surface area (Å²) in [6.45, 7) is 5.37. The van der Waals surface area contributed by atoms with Gasteiger partial charge in [0.15, 0.2) is 9.84 Å². The maximum Gasteiger partial charge on any atom is 0.243 e. The van der Waals surface area contributed by atoms with Crippen LogP contribution < -0.4 is 5.32 Å². The molecule has 1 heterocycles. The number of rotatable bonds is 6. The maximum absolute atomic E-state index is 12.7. The Morgan fingerprint density at radius 2 is 1.90 bits per heavy atom. The van der Waals surface area contributed by atoms with Gasteiger partial charge in [-0.1, -0.05) is 0 Å². The van der Waals surface area contributed by atoms with Gasteiger partial charge in [-0.3, -0.25) is 4.79 Å². The summed E-state index contributed by atoms with van der Waals surface area (Å²) in [6, 6.07) is 0.313. The number of sulfone groups is 1. The number of hydrogen-bond acceptors (Lipinski definition) is 4. The minimum atomic E-state index is -3.41. The molecule has 116 valence electrons. The molecule has 1 aliphatic carbocycles. The molecule has 0 spiro atoms. The molecule has 0 aromatic heterocycles. The highest BCUT2D eigenvalue weighted by Gasteiger charge is 2.43. The molecule has 0 bridgehead atoms. The zero-order valence-corrected chi connectivity index (χ0v) is 13.5. The summed E-state index contributed by atoms with van der Waals surface area (Å²) in [5.41, 5.74) is 0. The lowest BCUT2D eigenvalue weighted by atomic mass is 10.1. The van der Waals surface area contributed by atoms with E-state index in [1.807, 2.05) is 0 Å². The Bertz CT molecular complexity index is 463. The molecule has 0 aromatic carbocycles. The van der Waals surface area contributed by atoms with Crippen LogP contribution in [0.4, 0.5) is 0 Å². The lowest BCUT2D eigenvalue weighted by molar-refractivity contribution is -0.133. The molecular formula is C14H26N2O3S. The molecule has 2 rings (SSSR count). The third kappa shape index (κ3) is 3.52. The molecule has 0 aromatic rings. The predicted molar refractivity (Wildman–Crippen MR) is 79.3 cm³/mol. The second-order valence-electron chi connectivity index (χ2n) is 6.73. The smallest absolute Gasteiger partial charge is 0.243 e. The van der Waals surface area contributed by atoms with E-state index < -0.39 is 14.6 Å². The van der Waals surface area contributed by atoms with Gasteiger partial charge >= 0.3 is 0 Å². The summed E-state index contributed by atoms with van der Waals surface area (Å²) in [5, 5.41) is 3.38. The number of hydrogen-bond donors (Lipinski definition) is 1. The number of amides is 1. The van der Waals surface area contributed by atoms with Crippen LogP contribution in [0.1, 0.15) is 39.5 Å². The molecule has 1 atom stereocenters. The summed E-state index contributed by atoms with van der Waals surface area (Å²) in [4.78, 5) is 14.5. The average molecular weight is 302 g/mol. The van der Waals surface area contributed by atoms with Gasteiger partial charge in [-0.05, 0) is 52.0 Å². The lowest BCUT2D eigenvalue weighted by Gasteiger charge is -2.32. The third-order valence-corrected chi connectivity index (χ3v) is 6.54. The molecule has 2 aliphatic rings. The minimum Gasteiger partial charge on any atom is -0.340 e. The molecule has 20 heavy (non-hydrogen) atoms. The SMILES string of the molecule is CC(C)(C(=O)N(CC1CC1)CC1CCCN1)S(C)(=O)=O. The van der Waals surface area contributed by atoms with Gasteiger partial charge in [0, 0.05) is 25.4 Å². The van der Waals surface area contributed by atoms with E-state index in [4.69, 9.17) is 0 Å². The molecule has 2 fully saturated rings. The van der Waals surface area contributed by atoms with Crippen molar-refractivity contribution in [3.63, 3.8) is 0 Å². The number of carbonyl (C=O) groups is 1. The van der Waals surface area contributed by atoms with E-state index in [2.05, 4.69) is 5.32 Å². The van der Waals surface area contributed by atoms with E-state index in [1.165, 1.54) is 13.8 Å². The van der Waals surface area contributed by atoms with Gasteiger partial charge in [-0.15, -0.1) is 0 Å². The fourth-order valence-corrected chi connectivity index (χ4v) is 3.02. The Hall–Kier alpha value is -0.620. The quantitative estimate of drug-likeness (QED) is 0.788. The highest BCUT2D eigenvalue weighted by Crippen LogP contribution is 2.31. The molecule has 1 saturated heterocycles. The van der Waals surface area contributed by atoms with Crippen molar-refractivity contribution in [1.82, 2.24) is 10.2 Å². The van der Waals surface area contributed by atoms with Gasteiger partial charge in [0.1, 0.15) is 4.75 Å². The number of nitrogens with zero attached hydrogens (tertiary/aromatic N) is 1. The fourth-order valence-electron chi connectivity index (χ4n) is 2.57. The van der Waals surface area contributed by atoms with Crippen LogP contribution in [-0.2, 0) is 14.6 Å². The van der Waals surface area contributed by atoms with E-state index in [-0.39, 0.29) is 5.91 Å². The predicted octanol–water partition coefficient (Wildman–Crippen LogP) is 0.800. The van der Waals surface area contributed by atoms with Crippen molar-refractivity contribution in [1.29, 1.82) is 0 Å². The van der Waals surface area contributed by atoms with E-state index in [1.54, 1.807) is 4.90 Å². The zero-order valence-electron chi connectivity index (χ0n) is 12.7. The normalized spacial score (nSPS) is 23.9. The van der Waals surface area contributed by atoms with Crippen LogP contribution in [0.25, 0.3) is 0 Å². The third-order valence-electron chi connectivity index (χ3n) is 4.51. The standard InChI is InChI=1S/C14H26N2O3S/c1-14(2,20(3,18)19)13(17)16(9-11-6-7-11)10-12-5-4-8-15-12/h11-12,15H,4-10H2,1-3H3. The molecule has 1 saturated carbocycles. The van der Waals surface area contributed by atoms with Crippen molar-refractivity contribution in [2.45, 2.75) is 50.3 Å². The summed E-state index contributed by atoms with van der Waals surface area (Å²) in [6.07, 6.45) is 5.65. The Balaban J connectivity index is 2.10. The van der Waals surface area contributed by atoms with Crippen LogP contribution in [0.3, 0.4) is 0 Å². The van der Waals surface area contributed by atoms with Gasteiger partial charge in [0.05, 0.1) is 0 Å².